The maximum atomic E-state index is 5.86. The van der Waals surface area contributed by atoms with Crippen molar-refractivity contribution in [1.29, 1.82) is 0 Å². The molecular weight excluding hydrogens is 235 g/mol. The van der Waals surface area contributed by atoms with Crippen LogP contribution >= 0.6 is 27.5 Å². The summed E-state index contributed by atoms with van der Waals surface area (Å²) in [5, 5.41) is 0.707. The number of allylic oxidation sites excluding steroid dienone is 2. The largest absolute Gasteiger partial charge is 0.0843 e. The van der Waals surface area contributed by atoms with Crippen LogP contribution < -0.4 is 0 Å². The molecule has 0 aliphatic heterocycles. The van der Waals surface area contributed by atoms with Crippen molar-refractivity contribution in [2.75, 3.05) is 0 Å². The summed E-state index contributed by atoms with van der Waals surface area (Å²) in [5.74, 6) is 0. The van der Waals surface area contributed by atoms with E-state index in [9.17, 15) is 0 Å². The Kier molecular flexibility index (Phi) is 4.12. The van der Waals surface area contributed by atoms with Crippen molar-refractivity contribution in [3.8, 4) is 0 Å². The lowest BCUT2D eigenvalue weighted by Gasteiger charge is -1.91. The smallest absolute Gasteiger partial charge is 0.0417 e. The molecule has 0 radical (unpaired) electrons. The number of benzene rings is 1. The second-order valence-corrected chi connectivity index (χ2v) is 3.20. The molecular formula is C10H8BrCl. The minimum absolute atomic E-state index is 0.707. The molecule has 0 spiro atoms. The lowest BCUT2D eigenvalue weighted by Crippen LogP contribution is -1.69. The van der Waals surface area contributed by atoms with Gasteiger partial charge in [-0.25, -0.2) is 0 Å². The highest BCUT2D eigenvalue weighted by atomic mass is 79.9. The van der Waals surface area contributed by atoms with E-state index in [1.54, 1.807) is 11.1 Å². The van der Waals surface area contributed by atoms with Crippen LogP contribution in [0.15, 0.2) is 46.4 Å². The Morgan fingerprint density at radius 1 is 1.25 bits per heavy atom. The molecule has 0 nitrogen and oxygen atoms in total. The van der Waals surface area contributed by atoms with E-state index < -0.39 is 0 Å². The van der Waals surface area contributed by atoms with Gasteiger partial charge in [0, 0.05) is 5.03 Å². The first-order valence-electron chi connectivity index (χ1n) is 3.52. The molecule has 2 heteroatoms. The summed E-state index contributed by atoms with van der Waals surface area (Å²) in [6.45, 7) is 0. The van der Waals surface area contributed by atoms with Gasteiger partial charge < -0.3 is 0 Å². The van der Waals surface area contributed by atoms with Crippen molar-refractivity contribution in [3.05, 3.63) is 52.0 Å². The van der Waals surface area contributed by atoms with Crippen molar-refractivity contribution in [3.63, 3.8) is 0 Å². The Morgan fingerprint density at radius 2 is 1.92 bits per heavy atom. The van der Waals surface area contributed by atoms with Crippen LogP contribution in [0.3, 0.4) is 0 Å². The van der Waals surface area contributed by atoms with Crippen molar-refractivity contribution in [1.82, 2.24) is 0 Å². The molecule has 0 aliphatic carbocycles. The maximum absolute atomic E-state index is 5.86. The lowest BCUT2D eigenvalue weighted by atomic mass is 10.2. The maximum Gasteiger partial charge on any atom is 0.0417 e. The quantitative estimate of drug-likeness (QED) is 0.684. The monoisotopic (exact) mass is 242 g/mol. The molecule has 0 N–H and O–H groups in total. The molecule has 12 heavy (non-hydrogen) atoms. The second kappa shape index (κ2) is 5.18. The van der Waals surface area contributed by atoms with Gasteiger partial charge >= 0.3 is 0 Å². The van der Waals surface area contributed by atoms with E-state index in [1.807, 2.05) is 36.4 Å². The Labute approximate surface area is 85.7 Å². The molecule has 1 rings (SSSR count). The molecule has 0 fully saturated rings. The minimum atomic E-state index is 0.707. The van der Waals surface area contributed by atoms with E-state index in [4.69, 9.17) is 11.6 Å². The van der Waals surface area contributed by atoms with Crippen molar-refractivity contribution in [2.24, 2.45) is 0 Å². The molecule has 0 bridgehead atoms. The van der Waals surface area contributed by atoms with Crippen molar-refractivity contribution < 1.29 is 0 Å². The fourth-order valence-corrected chi connectivity index (χ4v) is 1.44. The summed E-state index contributed by atoms with van der Waals surface area (Å²) in [4.78, 5) is 1.73. The summed E-state index contributed by atoms with van der Waals surface area (Å²) in [7, 11) is 0. The van der Waals surface area contributed by atoms with Crippen LogP contribution in [0.25, 0.3) is 6.08 Å². The highest BCUT2D eigenvalue weighted by Crippen LogP contribution is 2.11. The molecule has 0 saturated heterocycles. The van der Waals surface area contributed by atoms with Crippen LogP contribution in [0.4, 0.5) is 0 Å². The average molecular weight is 244 g/mol. The van der Waals surface area contributed by atoms with Gasteiger partial charge in [0.15, 0.2) is 0 Å². The second-order valence-electron chi connectivity index (χ2n) is 2.23. The Morgan fingerprint density at radius 3 is 2.50 bits per heavy atom. The minimum Gasteiger partial charge on any atom is -0.0843 e. The van der Waals surface area contributed by atoms with Gasteiger partial charge in [-0.2, -0.15) is 0 Å². The van der Waals surface area contributed by atoms with Crippen LogP contribution in [-0.4, -0.2) is 0 Å². The van der Waals surface area contributed by atoms with Crippen molar-refractivity contribution >= 4 is 33.6 Å². The number of hydrogen-bond acceptors (Lipinski definition) is 0. The Hall–Kier alpha value is -0.530. The summed E-state index contributed by atoms with van der Waals surface area (Å²) < 4.78 is 0. The third kappa shape index (κ3) is 3.24. The van der Waals surface area contributed by atoms with E-state index in [-0.39, 0.29) is 0 Å². The standard InChI is InChI=1S/C10H8BrCl/c11-7-6-10(12)8-9-4-2-1-3-5-9/h1-8H/b7-6+,10-8-. The van der Waals surface area contributed by atoms with E-state index in [1.165, 1.54) is 0 Å². The molecule has 1 aromatic carbocycles. The summed E-state index contributed by atoms with van der Waals surface area (Å²) in [5.41, 5.74) is 1.10. The summed E-state index contributed by atoms with van der Waals surface area (Å²) in [6, 6.07) is 9.95. The predicted octanol–water partition coefficient (Wildman–Crippen LogP) is 4.17. The van der Waals surface area contributed by atoms with E-state index >= 15 is 0 Å². The predicted molar refractivity (Wildman–Crippen MR) is 58.3 cm³/mol. The fourth-order valence-electron chi connectivity index (χ4n) is 0.817. The number of halogens is 2. The van der Waals surface area contributed by atoms with Gasteiger partial charge in [0.05, 0.1) is 0 Å². The molecule has 0 aromatic heterocycles. The van der Waals surface area contributed by atoms with Crippen LogP contribution in [0.1, 0.15) is 5.56 Å². The molecule has 0 aliphatic rings. The molecule has 0 amide bonds. The summed E-state index contributed by atoms with van der Waals surface area (Å²) in [6.07, 6.45) is 3.69. The Bertz CT molecular complexity index is 288. The van der Waals surface area contributed by atoms with Gasteiger partial charge in [-0.05, 0) is 22.7 Å². The van der Waals surface area contributed by atoms with Crippen LogP contribution in [0.5, 0.6) is 0 Å². The third-order valence-corrected chi connectivity index (χ3v) is 1.83. The molecule has 1 aromatic rings. The molecule has 0 unspecified atom stereocenters. The van der Waals surface area contributed by atoms with Crippen LogP contribution in [0.2, 0.25) is 0 Å². The molecule has 0 heterocycles. The van der Waals surface area contributed by atoms with Gasteiger partial charge in [0.2, 0.25) is 0 Å². The molecule has 62 valence electrons. The molecule has 0 atom stereocenters. The van der Waals surface area contributed by atoms with Gasteiger partial charge in [0.1, 0.15) is 0 Å². The first-order chi connectivity index (χ1) is 5.83. The Balaban J connectivity index is 2.81. The first-order valence-corrected chi connectivity index (χ1v) is 4.81. The zero-order valence-corrected chi connectivity index (χ0v) is 8.72. The van der Waals surface area contributed by atoms with Crippen LogP contribution in [-0.2, 0) is 0 Å². The molecule has 0 saturated carbocycles. The lowest BCUT2D eigenvalue weighted by molar-refractivity contribution is 1.66. The average Bonchev–Trinajstić information content (AvgIpc) is 2.06. The number of hydrogen-bond donors (Lipinski definition) is 0. The number of rotatable bonds is 2. The van der Waals surface area contributed by atoms with E-state index in [2.05, 4.69) is 15.9 Å². The highest BCUT2D eigenvalue weighted by molar-refractivity contribution is 9.11. The van der Waals surface area contributed by atoms with Crippen LogP contribution in [0, 0.1) is 0 Å². The first kappa shape index (κ1) is 9.56. The highest BCUT2D eigenvalue weighted by Gasteiger charge is 1.86. The zero-order chi connectivity index (χ0) is 8.81. The third-order valence-electron chi connectivity index (χ3n) is 1.33. The van der Waals surface area contributed by atoms with Gasteiger partial charge in [0.25, 0.3) is 0 Å². The summed E-state index contributed by atoms with van der Waals surface area (Å²) >= 11 is 9.02. The topological polar surface area (TPSA) is 0 Å². The SMILES string of the molecule is ClC(=C\c1ccccc1)/C=C/Br. The van der Waals surface area contributed by atoms with Gasteiger partial charge in [-0.1, -0.05) is 57.9 Å². The fraction of sp³-hybridized carbons (Fsp3) is 0. The van der Waals surface area contributed by atoms with E-state index in [0.29, 0.717) is 5.03 Å². The van der Waals surface area contributed by atoms with Gasteiger partial charge in [-0.15, -0.1) is 0 Å². The van der Waals surface area contributed by atoms with E-state index in [0.717, 1.165) is 5.56 Å². The van der Waals surface area contributed by atoms with Gasteiger partial charge in [-0.3, -0.25) is 0 Å². The van der Waals surface area contributed by atoms with Crippen molar-refractivity contribution in [2.45, 2.75) is 0 Å². The normalized spacial score (nSPS) is 12.3. The zero-order valence-electron chi connectivity index (χ0n) is 6.37.